The SMILES string of the molecule is CCc1ccc(N2C(=O)NC(=O)/C(=C\c3cc(I)c(OCc4cc(C)cc(C)c4)c(OC)c3)C2=O)cc1. The van der Waals surface area contributed by atoms with E-state index in [0.29, 0.717) is 29.4 Å². The van der Waals surface area contributed by atoms with Crippen molar-refractivity contribution in [1.29, 1.82) is 0 Å². The zero-order valence-electron chi connectivity index (χ0n) is 21.1. The number of methoxy groups -OCH3 is 1. The fourth-order valence-corrected chi connectivity index (χ4v) is 4.99. The molecule has 0 saturated carbocycles. The maximum absolute atomic E-state index is 13.2. The second-order valence-corrected chi connectivity index (χ2v) is 9.96. The maximum Gasteiger partial charge on any atom is 0.335 e. The third-order valence-corrected chi connectivity index (χ3v) is 6.73. The van der Waals surface area contributed by atoms with Crippen molar-refractivity contribution in [3.63, 3.8) is 0 Å². The van der Waals surface area contributed by atoms with E-state index in [0.717, 1.165) is 37.1 Å². The Kier molecular flexibility index (Phi) is 7.97. The molecule has 1 heterocycles. The number of halogens is 1. The van der Waals surface area contributed by atoms with Crippen molar-refractivity contribution in [1.82, 2.24) is 5.32 Å². The lowest BCUT2D eigenvalue weighted by Gasteiger charge is -2.26. The Morgan fingerprint density at radius 3 is 2.24 bits per heavy atom. The molecule has 0 bridgehead atoms. The number of anilines is 1. The van der Waals surface area contributed by atoms with Crippen LogP contribution >= 0.6 is 22.6 Å². The Morgan fingerprint density at radius 2 is 1.62 bits per heavy atom. The first kappa shape index (κ1) is 26.4. The Bertz CT molecular complexity index is 1390. The molecule has 1 aliphatic heterocycles. The van der Waals surface area contributed by atoms with E-state index >= 15 is 0 Å². The third-order valence-electron chi connectivity index (χ3n) is 5.93. The number of carbonyl (C=O) groups is 3. The zero-order chi connectivity index (χ0) is 26.7. The number of benzene rings is 3. The molecular weight excluding hydrogens is 583 g/mol. The van der Waals surface area contributed by atoms with Crippen LogP contribution in [0.15, 0.2) is 60.2 Å². The molecule has 190 valence electrons. The highest BCUT2D eigenvalue weighted by molar-refractivity contribution is 14.1. The number of hydrogen-bond acceptors (Lipinski definition) is 5. The molecule has 0 aliphatic carbocycles. The lowest BCUT2D eigenvalue weighted by molar-refractivity contribution is -0.122. The van der Waals surface area contributed by atoms with Gasteiger partial charge in [-0.15, -0.1) is 0 Å². The third kappa shape index (κ3) is 5.85. The number of hydrogen-bond donors (Lipinski definition) is 1. The van der Waals surface area contributed by atoms with Gasteiger partial charge in [0.15, 0.2) is 11.5 Å². The number of aryl methyl sites for hydroxylation is 3. The molecule has 7 nitrogen and oxygen atoms in total. The van der Waals surface area contributed by atoms with Gasteiger partial charge < -0.3 is 9.47 Å². The van der Waals surface area contributed by atoms with Crippen LogP contribution in [0.3, 0.4) is 0 Å². The van der Waals surface area contributed by atoms with Crippen LogP contribution in [-0.2, 0) is 22.6 Å². The minimum absolute atomic E-state index is 0.152. The van der Waals surface area contributed by atoms with Crippen LogP contribution in [-0.4, -0.2) is 25.0 Å². The van der Waals surface area contributed by atoms with Crippen LogP contribution in [0.2, 0.25) is 0 Å². The Hall–Kier alpha value is -3.66. The van der Waals surface area contributed by atoms with Crippen LogP contribution in [0.25, 0.3) is 6.08 Å². The normalized spacial score (nSPS) is 14.7. The van der Waals surface area contributed by atoms with Gasteiger partial charge in [0.2, 0.25) is 0 Å². The molecule has 8 heteroatoms. The van der Waals surface area contributed by atoms with E-state index in [-0.39, 0.29) is 5.57 Å². The minimum Gasteiger partial charge on any atom is -0.493 e. The van der Waals surface area contributed by atoms with E-state index in [1.165, 1.54) is 13.2 Å². The Balaban J connectivity index is 1.63. The van der Waals surface area contributed by atoms with Crippen molar-refractivity contribution in [2.75, 3.05) is 12.0 Å². The monoisotopic (exact) mass is 610 g/mol. The molecule has 1 N–H and O–H groups in total. The smallest absolute Gasteiger partial charge is 0.335 e. The largest absolute Gasteiger partial charge is 0.493 e. The molecule has 0 radical (unpaired) electrons. The quantitative estimate of drug-likeness (QED) is 0.210. The number of imide groups is 2. The summed E-state index contributed by atoms with van der Waals surface area (Å²) in [5.41, 5.74) is 5.23. The highest BCUT2D eigenvalue weighted by atomic mass is 127. The second-order valence-electron chi connectivity index (χ2n) is 8.80. The standard InChI is InChI=1S/C29H27IN2O5/c1-5-19-6-8-22(9-7-19)32-28(34)23(27(33)31-29(32)35)13-20-14-24(30)26(25(15-20)36-4)37-16-21-11-17(2)10-18(3)12-21/h6-15H,5,16H2,1-4H3,(H,31,33,35)/b23-13+. The number of nitrogens with zero attached hydrogens (tertiary/aromatic N) is 1. The van der Waals surface area contributed by atoms with Gasteiger partial charge in [0.05, 0.1) is 16.4 Å². The molecule has 0 atom stereocenters. The molecule has 4 rings (SSSR count). The van der Waals surface area contributed by atoms with Gasteiger partial charge in [0, 0.05) is 0 Å². The van der Waals surface area contributed by atoms with Crippen LogP contribution in [0.1, 0.15) is 34.7 Å². The van der Waals surface area contributed by atoms with Gasteiger partial charge in [-0.2, -0.15) is 0 Å². The van der Waals surface area contributed by atoms with Crippen molar-refractivity contribution in [2.24, 2.45) is 0 Å². The first-order valence-corrected chi connectivity index (χ1v) is 12.9. The Labute approximate surface area is 229 Å². The highest BCUT2D eigenvalue weighted by Crippen LogP contribution is 2.35. The fourth-order valence-electron chi connectivity index (χ4n) is 4.21. The molecule has 1 fully saturated rings. The molecule has 1 aliphatic rings. The van der Waals surface area contributed by atoms with Crippen LogP contribution in [0, 0.1) is 17.4 Å². The van der Waals surface area contributed by atoms with E-state index in [1.807, 2.05) is 32.9 Å². The van der Waals surface area contributed by atoms with Gasteiger partial charge >= 0.3 is 6.03 Å². The average molecular weight is 610 g/mol. The topological polar surface area (TPSA) is 84.9 Å². The molecule has 4 amide bonds. The fraction of sp³-hybridized carbons (Fsp3) is 0.207. The summed E-state index contributed by atoms with van der Waals surface area (Å²) in [4.78, 5) is 39.3. The van der Waals surface area contributed by atoms with Gasteiger partial charge in [0.1, 0.15) is 12.2 Å². The summed E-state index contributed by atoms with van der Waals surface area (Å²) in [5, 5.41) is 2.26. The summed E-state index contributed by atoms with van der Waals surface area (Å²) >= 11 is 2.13. The van der Waals surface area contributed by atoms with E-state index in [4.69, 9.17) is 9.47 Å². The first-order chi connectivity index (χ1) is 17.7. The molecule has 0 aromatic heterocycles. The van der Waals surface area contributed by atoms with Crippen molar-refractivity contribution < 1.29 is 23.9 Å². The maximum atomic E-state index is 13.2. The van der Waals surface area contributed by atoms with E-state index < -0.39 is 17.8 Å². The van der Waals surface area contributed by atoms with Crippen LogP contribution < -0.4 is 19.7 Å². The van der Waals surface area contributed by atoms with Crippen molar-refractivity contribution in [2.45, 2.75) is 33.8 Å². The number of rotatable bonds is 7. The molecule has 3 aromatic carbocycles. The van der Waals surface area contributed by atoms with Crippen molar-refractivity contribution in [3.8, 4) is 11.5 Å². The summed E-state index contributed by atoms with van der Waals surface area (Å²) in [6, 6.07) is 16.0. The van der Waals surface area contributed by atoms with E-state index in [2.05, 4.69) is 46.1 Å². The molecule has 0 unspecified atom stereocenters. The van der Waals surface area contributed by atoms with Gasteiger partial charge in [-0.1, -0.05) is 48.4 Å². The number of amides is 4. The number of urea groups is 1. The Morgan fingerprint density at radius 1 is 0.946 bits per heavy atom. The van der Waals surface area contributed by atoms with Crippen LogP contribution in [0.4, 0.5) is 10.5 Å². The molecular formula is C29H27IN2O5. The zero-order valence-corrected chi connectivity index (χ0v) is 23.2. The van der Waals surface area contributed by atoms with Gasteiger partial charge in [-0.25, -0.2) is 9.69 Å². The summed E-state index contributed by atoms with van der Waals surface area (Å²) in [5.74, 6) is -0.408. The lowest BCUT2D eigenvalue weighted by Crippen LogP contribution is -2.54. The summed E-state index contributed by atoms with van der Waals surface area (Å²) in [6.07, 6.45) is 2.28. The van der Waals surface area contributed by atoms with Gasteiger partial charge in [0.25, 0.3) is 11.8 Å². The lowest BCUT2D eigenvalue weighted by atomic mass is 10.1. The van der Waals surface area contributed by atoms with Crippen molar-refractivity contribution >= 4 is 52.2 Å². The summed E-state index contributed by atoms with van der Waals surface area (Å²) in [7, 11) is 1.53. The predicted molar refractivity (Wildman–Crippen MR) is 151 cm³/mol. The van der Waals surface area contributed by atoms with Gasteiger partial charge in [-0.3, -0.25) is 14.9 Å². The molecule has 37 heavy (non-hydrogen) atoms. The summed E-state index contributed by atoms with van der Waals surface area (Å²) in [6.45, 7) is 6.47. The molecule has 0 spiro atoms. The summed E-state index contributed by atoms with van der Waals surface area (Å²) < 4.78 is 12.4. The number of barbiturate groups is 1. The van der Waals surface area contributed by atoms with Crippen LogP contribution in [0.5, 0.6) is 11.5 Å². The van der Waals surface area contributed by atoms with Crippen molar-refractivity contribution in [3.05, 3.63) is 91.6 Å². The molecule has 1 saturated heterocycles. The first-order valence-electron chi connectivity index (χ1n) is 11.8. The molecule has 3 aromatic rings. The average Bonchev–Trinajstić information content (AvgIpc) is 2.85. The highest BCUT2D eigenvalue weighted by Gasteiger charge is 2.36. The second kappa shape index (κ2) is 11.2. The van der Waals surface area contributed by atoms with E-state index in [9.17, 15) is 14.4 Å². The number of ether oxygens (including phenoxy) is 2. The van der Waals surface area contributed by atoms with Gasteiger partial charge in [-0.05, 0) is 89.9 Å². The number of nitrogens with one attached hydrogen (secondary N) is 1. The van der Waals surface area contributed by atoms with E-state index in [1.54, 1.807) is 24.3 Å². The number of carbonyl (C=O) groups excluding carboxylic acids is 3. The minimum atomic E-state index is -0.779. The predicted octanol–water partition coefficient (Wildman–Crippen LogP) is 5.72.